The molecular formula is C32H67AlO4. The van der Waals surface area contributed by atoms with Crippen molar-refractivity contribution >= 4 is 29.3 Å². The monoisotopic (exact) mass is 542 g/mol. The fourth-order valence-electron chi connectivity index (χ4n) is 4.59. The summed E-state index contributed by atoms with van der Waals surface area (Å²) in [4.78, 5) is 20.6. The van der Waals surface area contributed by atoms with E-state index < -0.39 is 11.9 Å². The molecule has 0 aliphatic carbocycles. The van der Waals surface area contributed by atoms with Gasteiger partial charge in [-0.15, -0.1) is 0 Å². The average Bonchev–Trinajstić information content (AvgIpc) is 2.85. The highest BCUT2D eigenvalue weighted by atomic mass is 27.0. The van der Waals surface area contributed by atoms with Crippen LogP contribution in [0.25, 0.3) is 0 Å². The lowest BCUT2D eigenvalue weighted by Crippen LogP contribution is -1.93. The van der Waals surface area contributed by atoms with E-state index in [2.05, 4.69) is 13.8 Å². The smallest absolute Gasteiger partial charge is 0.303 e. The van der Waals surface area contributed by atoms with Crippen LogP contribution >= 0.6 is 0 Å². The molecule has 0 amide bonds. The summed E-state index contributed by atoms with van der Waals surface area (Å²) in [7, 11) is 0. The van der Waals surface area contributed by atoms with Gasteiger partial charge >= 0.3 is 11.9 Å². The van der Waals surface area contributed by atoms with Crippen molar-refractivity contribution in [3.05, 3.63) is 0 Å². The molecule has 0 aliphatic rings. The molecule has 0 saturated heterocycles. The van der Waals surface area contributed by atoms with Gasteiger partial charge in [0.05, 0.1) is 0 Å². The first-order chi connectivity index (χ1) is 17.5. The van der Waals surface area contributed by atoms with E-state index in [9.17, 15) is 9.59 Å². The lowest BCUT2D eigenvalue weighted by Gasteiger charge is -2.02. The van der Waals surface area contributed by atoms with Crippen LogP contribution < -0.4 is 0 Å². The van der Waals surface area contributed by atoms with Crippen molar-refractivity contribution < 1.29 is 19.8 Å². The SMILES string of the molecule is CCCCCCCCCCCCCCCC(=O)O.CCCCCCCCCCCCCCCC(=O)O.[AlH3]. The highest BCUT2D eigenvalue weighted by Crippen LogP contribution is 2.14. The summed E-state index contributed by atoms with van der Waals surface area (Å²) >= 11 is 0. The Labute approximate surface area is 242 Å². The van der Waals surface area contributed by atoms with Crippen molar-refractivity contribution in [1.82, 2.24) is 0 Å². The molecule has 0 spiro atoms. The molecule has 37 heavy (non-hydrogen) atoms. The van der Waals surface area contributed by atoms with Gasteiger partial charge in [-0.1, -0.05) is 168 Å². The number of carboxylic acids is 2. The minimum Gasteiger partial charge on any atom is -0.481 e. The highest BCUT2D eigenvalue weighted by molar-refractivity contribution is 5.75. The summed E-state index contributed by atoms with van der Waals surface area (Å²) in [6.07, 6.45) is 34.5. The Morgan fingerprint density at radius 1 is 0.351 bits per heavy atom. The molecule has 0 heterocycles. The van der Waals surface area contributed by atoms with Gasteiger partial charge in [0.2, 0.25) is 0 Å². The number of rotatable bonds is 28. The maximum atomic E-state index is 10.3. The number of unbranched alkanes of at least 4 members (excludes halogenated alkanes) is 24. The molecule has 0 aromatic rings. The van der Waals surface area contributed by atoms with E-state index >= 15 is 0 Å². The van der Waals surface area contributed by atoms with Crippen molar-refractivity contribution in [3.8, 4) is 0 Å². The molecule has 0 aromatic heterocycles. The molecule has 0 aliphatic heterocycles. The third kappa shape index (κ3) is 45.8. The summed E-state index contributed by atoms with van der Waals surface area (Å²) in [5, 5.41) is 17.0. The van der Waals surface area contributed by atoms with E-state index in [0.717, 1.165) is 25.7 Å². The first kappa shape index (κ1) is 41.0. The normalized spacial score (nSPS) is 10.4. The predicted octanol–water partition coefficient (Wildman–Crippen LogP) is 9.92. The molecule has 0 atom stereocenters. The maximum absolute atomic E-state index is 10.3. The van der Waals surface area contributed by atoms with Crippen LogP contribution in [0.5, 0.6) is 0 Å². The summed E-state index contributed by atoms with van der Waals surface area (Å²) in [6, 6.07) is 0. The van der Waals surface area contributed by atoms with Gasteiger partial charge in [0.25, 0.3) is 0 Å². The second kappa shape index (κ2) is 37.6. The van der Waals surface area contributed by atoms with Gasteiger partial charge in [0, 0.05) is 12.8 Å². The van der Waals surface area contributed by atoms with Crippen LogP contribution in [0.3, 0.4) is 0 Å². The standard InChI is InChI=1S/2C16H32O2.Al.3H/c2*1-2-3-4-5-6-7-8-9-10-11-12-13-14-15-16(17)18;;;;/h2*2-15H2,1H3,(H,17,18);;;;. The average molecular weight is 543 g/mol. The van der Waals surface area contributed by atoms with Crippen molar-refractivity contribution in [2.24, 2.45) is 0 Å². The third-order valence-electron chi connectivity index (χ3n) is 6.99. The minimum atomic E-state index is -0.655. The van der Waals surface area contributed by atoms with Crippen LogP contribution in [-0.4, -0.2) is 39.5 Å². The van der Waals surface area contributed by atoms with Gasteiger partial charge in [-0.25, -0.2) is 0 Å². The zero-order valence-corrected chi connectivity index (χ0v) is 24.5. The van der Waals surface area contributed by atoms with Gasteiger partial charge in [-0.05, 0) is 12.8 Å². The minimum absolute atomic E-state index is 0. The maximum Gasteiger partial charge on any atom is 0.303 e. The van der Waals surface area contributed by atoms with Crippen LogP contribution in [0.2, 0.25) is 0 Å². The van der Waals surface area contributed by atoms with E-state index in [1.54, 1.807) is 0 Å². The first-order valence-electron chi connectivity index (χ1n) is 16.0. The molecule has 4 nitrogen and oxygen atoms in total. The first-order valence-corrected chi connectivity index (χ1v) is 16.0. The molecule has 5 heteroatoms. The van der Waals surface area contributed by atoms with Gasteiger partial charge in [-0.3, -0.25) is 9.59 Å². The zero-order valence-electron chi connectivity index (χ0n) is 24.5. The second-order valence-electron chi connectivity index (χ2n) is 10.8. The number of aliphatic carboxylic acids is 2. The Morgan fingerprint density at radius 2 is 0.514 bits per heavy atom. The molecule has 0 unspecified atom stereocenters. The van der Waals surface area contributed by atoms with Crippen molar-refractivity contribution in [2.75, 3.05) is 0 Å². The van der Waals surface area contributed by atoms with Gasteiger partial charge in [-0.2, -0.15) is 0 Å². The number of carbonyl (C=O) groups is 2. The van der Waals surface area contributed by atoms with Gasteiger partial charge in [0.15, 0.2) is 17.4 Å². The predicted molar refractivity (Wildman–Crippen MR) is 166 cm³/mol. The van der Waals surface area contributed by atoms with Crippen LogP contribution in [0.4, 0.5) is 0 Å². The Balaban J connectivity index is -0.000000608. The van der Waals surface area contributed by atoms with E-state index in [-0.39, 0.29) is 17.4 Å². The number of hydrogen-bond acceptors (Lipinski definition) is 2. The Hall–Kier alpha value is -0.528. The molecule has 222 valence electrons. The van der Waals surface area contributed by atoms with Crippen LogP contribution in [-0.2, 0) is 9.59 Å². The molecule has 0 saturated carbocycles. The van der Waals surface area contributed by atoms with Crippen molar-refractivity contribution in [2.45, 2.75) is 194 Å². The Kier molecular flexibility index (Phi) is 41.7. The molecule has 0 aromatic carbocycles. The quantitative estimate of drug-likeness (QED) is 0.0762. The van der Waals surface area contributed by atoms with E-state index in [0.29, 0.717) is 12.8 Å². The molecular weight excluding hydrogens is 475 g/mol. The largest absolute Gasteiger partial charge is 0.481 e. The third-order valence-corrected chi connectivity index (χ3v) is 6.99. The van der Waals surface area contributed by atoms with Gasteiger partial charge in [0.1, 0.15) is 0 Å². The molecule has 0 bridgehead atoms. The molecule has 2 N–H and O–H groups in total. The number of hydrogen-bond donors (Lipinski definition) is 2. The lowest BCUT2D eigenvalue weighted by molar-refractivity contribution is -0.138. The van der Waals surface area contributed by atoms with Crippen LogP contribution in [0, 0.1) is 0 Å². The van der Waals surface area contributed by atoms with Crippen LogP contribution in [0.15, 0.2) is 0 Å². The molecule has 0 fully saturated rings. The molecule has 0 radical (unpaired) electrons. The Morgan fingerprint density at radius 3 is 0.676 bits per heavy atom. The zero-order chi connectivity index (χ0) is 27.0. The summed E-state index contributed by atoms with van der Waals surface area (Å²) in [6.45, 7) is 4.52. The fourth-order valence-corrected chi connectivity index (χ4v) is 4.59. The van der Waals surface area contributed by atoms with Crippen molar-refractivity contribution in [1.29, 1.82) is 0 Å². The molecule has 0 rings (SSSR count). The topological polar surface area (TPSA) is 74.6 Å². The van der Waals surface area contributed by atoms with Gasteiger partial charge < -0.3 is 10.2 Å². The van der Waals surface area contributed by atoms with Crippen molar-refractivity contribution in [3.63, 3.8) is 0 Å². The van der Waals surface area contributed by atoms with Crippen LogP contribution in [0.1, 0.15) is 194 Å². The van der Waals surface area contributed by atoms with E-state index in [1.807, 2.05) is 0 Å². The summed E-state index contributed by atoms with van der Waals surface area (Å²) < 4.78 is 0. The Bertz CT molecular complexity index is 403. The van der Waals surface area contributed by atoms with E-state index in [4.69, 9.17) is 10.2 Å². The summed E-state index contributed by atoms with van der Waals surface area (Å²) in [5.41, 5.74) is 0. The fraction of sp³-hybridized carbons (Fsp3) is 0.938. The second-order valence-corrected chi connectivity index (χ2v) is 10.8. The van der Waals surface area contributed by atoms with E-state index in [1.165, 1.54) is 141 Å². The number of carboxylic acid groups (broad SMARTS) is 2. The lowest BCUT2D eigenvalue weighted by atomic mass is 10.0. The summed E-state index contributed by atoms with van der Waals surface area (Å²) in [5.74, 6) is -1.31. The highest BCUT2D eigenvalue weighted by Gasteiger charge is 1.98.